The summed E-state index contributed by atoms with van der Waals surface area (Å²) in [4.78, 5) is 0. The molecule has 1 aromatic rings. The van der Waals surface area contributed by atoms with Gasteiger partial charge in [-0.1, -0.05) is 13.0 Å². The van der Waals surface area contributed by atoms with Crippen LogP contribution in [0.2, 0.25) is 0 Å². The summed E-state index contributed by atoms with van der Waals surface area (Å²) >= 11 is 0. The molecule has 2 N–H and O–H groups in total. The molecule has 0 saturated carbocycles. The molecular weight excluding hydrogens is 169 g/mol. The summed E-state index contributed by atoms with van der Waals surface area (Å²) in [6, 6.07) is 4.66. The van der Waals surface area contributed by atoms with Crippen molar-refractivity contribution < 1.29 is 9.13 Å². The van der Waals surface area contributed by atoms with Gasteiger partial charge in [0.25, 0.3) is 0 Å². The molecule has 0 aliphatic rings. The van der Waals surface area contributed by atoms with E-state index in [0.29, 0.717) is 0 Å². The third kappa shape index (κ3) is 2.18. The van der Waals surface area contributed by atoms with Crippen molar-refractivity contribution in [1.29, 1.82) is 0 Å². The summed E-state index contributed by atoms with van der Waals surface area (Å²) in [5.41, 5.74) is 6.69. The van der Waals surface area contributed by atoms with Gasteiger partial charge in [-0.25, -0.2) is 4.39 Å². The maximum Gasteiger partial charge on any atom is 0.165 e. The molecular formula is C10H14FNO. The summed E-state index contributed by atoms with van der Waals surface area (Å²) in [5.74, 6) is -0.101. The van der Waals surface area contributed by atoms with E-state index in [1.165, 1.54) is 13.2 Å². The number of ether oxygens (including phenoxy) is 1. The Hall–Kier alpha value is -1.09. The molecule has 1 unspecified atom stereocenters. The van der Waals surface area contributed by atoms with Crippen molar-refractivity contribution in [2.24, 2.45) is 5.73 Å². The van der Waals surface area contributed by atoms with Crippen molar-refractivity contribution in [3.63, 3.8) is 0 Å². The van der Waals surface area contributed by atoms with Crippen LogP contribution in [0.4, 0.5) is 4.39 Å². The first-order chi connectivity index (χ1) is 6.19. The molecule has 0 bridgehead atoms. The molecule has 0 amide bonds. The molecule has 0 aliphatic carbocycles. The molecule has 3 heteroatoms. The van der Waals surface area contributed by atoms with Crippen molar-refractivity contribution in [3.8, 4) is 5.75 Å². The van der Waals surface area contributed by atoms with Crippen molar-refractivity contribution in [3.05, 3.63) is 29.6 Å². The van der Waals surface area contributed by atoms with Gasteiger partial charge in [0.15, 0.2) is 11.6 Å². The number of benzene rings is 1. The zero-order valence-electron chi connectivity index (χ0n) is 7.88. The minimum absolute atomic E-state index is 0.0468. The van der Waals surface area contributed by atoms with E-state index < -0.39 is 0 Å². The van der Waals surface area contributed by atoms with Crippen molar-refractivity contribution in [2.75, 3.05) is 7.11 Å². The third-order valence-electron chi connectivity index (χ3n) is 2.04. The van der Waals surface area contributed by atoms with Crippen LogP contribution in [0.3, 0.4) is 0 Å². The maximum atomic E-state index is 13.0. The van der Waals surface area contributed by atoms with Crippen LogP contribution in [-0.4, -0.2) is 7.11 Å². The number of rotatable bonds is 3. The predicted octanol–water partition coefficient (Wildman–Crippen LogP) is 2.24. The highest BCUT2D eigenvalue weighted by molar-refractivity contribution is 5.31. The molecule has 1 aromatic carbocycles. The highest BCUT2D eigenvalue weighted by atomic mass is 19.1. The largest absolute Gasteiger partial charge is 0.494 e. The lowest BCUT2D eigenvalue weighted by Gasteiger charge is -2.10. The summed E-state index contributed by atoms with van der Waals surface area (Å²) < 4.78 is 17.8. The number of nitrogens with two attached hydrogens (primary N) is 1. The molecule has 13 heavy (non-hydrogen) atoms. The highest BCUT2D eigenvalue weighted by Gasteiger charge is 2.07. The van der Waals surface area contributed by atoms with Gasteiger partial charge in [-0.3, -0.25) is 0 Å². The summed E-state index contributed by atoms with van der Waals surface area (Å²) in [6.45, 7) is 1.99. The molecule has 0 aliphatic heterocycles. The second kappa shape index (κ2) is 4.23. The fourth-order valence-corrected chi connectivity index (χ4v) is 1.14. The second-order valence-corrected chi connectivity index (χ2v) is 2.91. The van der Waals surface area contributed by atoms with Gasteiger partial charge in [-0.15, -0.1) is 0 Å². The van der Waals surface area contributed by atoms with E-state index in [1.807, 2.05) is 6.92 Å². The normalized spacial score (nSPS) is 12.6. The first-order valence-electron chi connectivity index (χ1n) is 4.28. The molecule has 0 spiro atoms. The molecule has 0 saturated heterocycles. The first kappa shape index (κ1) is 9.99. The zero-order valence-corrected chi connectivity index (χ0v) is 7.88. The van der Waals surface area contributed by atoms with E-state index in [9.17, 15) is 4.39 Å². The summed E-state index contributed by atoms with van der Waals surface area (Å²) in [5, 5.41) is 0. The van der Waals surface area contributed by atoms with E-state index in [0.717, 1.165) is 12.0 Å². The average Bonchev–Trinajstić information content (AvgIpc) is 2.17. The summed E-state index contributed by atoms with van der Waals surface area (Å²) in [6.07, 6.45) is 0.828. The number of methoxy groups -OCH3 is 1. The van der Waals surface area contributed by atoms with Crippen LogP contribution in [0.15, 0.2) is 18.2 Å². The van der Waals surface area contributed by atoms with Crippen molar-refractivity contribution in [1.82, 2.24) is 0 Å². The monoisotopic (exact) mass is 183 g/mol. The van der Waals surface area contributed by atoms with Crippen LogP contribution >= 0.6 is 0 Å². The van der Waals surface area contributed by atoms with Crippen LogP contribution in [0.25, 0.3) is 0 Å². The number of hydrogen-bond donors (Lipinski definition) is 1. The zero-order chi connectivity index (χ0) is 9.84. The molecule has 1 atom stereocenters. The van der Waals surface area contributed by atoms with E-state index in [2.05, 4.69) is 0 Å². The molecule has 0 fully saturated rings. The lowest BCUT2D eigenvalue weighted by atomic mass is 10.1. The minimum Gasteiger partial charge on any atom is -0.494 e. The van der Waals surface area contributed by atoms with Gasteiger partial charge in [0.1, 0.15) is 0 Å². The average molecular weight is 183 g/mol. The van der Waals surface area contributed by atoms with Crippen LogP contribution in [0.5, 0.6) is 5.75 Å². The van der Waals surface area contributed by atoms with Crippen molar-refractivity contribution >= 4 is 0 Å². The Morgan fingerprint density at radius 2 is 2.23 bits per heavy atom. The molecule has 0 aromatic heterocycles. The van der Waals surface area contributed by atoms with E-state index >= 15 is 0 Å². The van der Waals surface area contributed by atoms with E-state index in [1.54, 1.807) is 12.1 Å². The third-order valence-corrected chi connectivity index (χ3v) is 2.04. The van der Waals surface area contributed by atoms with Gasteiger partial charge >= 0.3 is 0 Å². The van der Waals surface area contributed by atoms with E-state index in [-0.39, 0.29) is 17.6 Å². The Kier molecular flexibility index (Phi) is 3.25. The quantitative estimate of drug-likeness (QED) is 0.780. The van der Waals surface area contributed by atoms with Gasteiger partial charge < -0.3 is 10.5 Å². The Morgan fingerprint density at radius 3 is 2.77 bits per heavy atom. The Balaban J connectivity index is 2.99. The SMILES string of the molecule is CCC(N)c1ccc(F)c(OC)c1. The number of halogens is 1. The fraction of sp³-hybridized carbons (Fsp3) is 0.400. The first-order valence-corrected chi connectivity index (χ1v) is 4.28. The minimum atomic E-state index is -0.352. The van der Waals surface area contributed by atoms with Crippen molar-refractivity contribution in [2.45, 2.75) is 19.4 Å². The maximum absolute atomic E-state index is 13.0. The van der Waals surface area contributed by atoms with Crippen LogP contribution in [0.1, 0.15) is 24.9 Å². The van der Waals surface area contributed by atoms with Gasteiger partial charge in [0, 0.05) is 6.04 Å². The Labute approximate surface area is 77.5 Å². The predicted molar refractivity (Wildman–Crippen MR) is 50.2 cm³/mol. The fourth-order valence-electron chi connectivity index (χ4n) is 1.14. The highest BCUT2D eigenvalue weighted by Crippen LogP contribution is 2.22. The van der Waals surface area contributed by atoms with Crippen LogP contribution < -0.4 is 10.5 Å². The molecule has 0 heterocycles. The molecule has 72 valence electrons. The topological polar surface area (TPSA) is 35.2 Å². The van der Waals surface area contributed by atoms with Crippen LogP contribution in [0, 0.1) is 5.82 Å². The number of hydrogen-bond acceptors (Lipinski definition) is 2. The smallest absolute Gasteiger partial charge is 0.165 e. The second-order valence-electron chi connectivity index (χ2n) is 2.91. The van der Waals surface area contributed by atoms with Crippen LogP contribution in [-0.2, 0) is 0 Å². The Morgan fingerprint density at radius 1 is 1.54 bits per heavy atom. The summed E-state index contributed by atoms with van der Waals surface area (Å²) in [7, 11) is 1.44. The lowest BCUT2D eigenvalue weighted by molar-refractivity contribution is 0.385. The van der Waals surface area contributed by atoms with Gasteiger partial charge in [-0.2, -0.15) is 0 Å². The molecule has 1 rings (SSSR count). The lowest BCUT2D eigenvalue weighted by Crippen LogP contribution is -2.08. The van der Waals surface area contributed by atoms with E-state index in [4.69, 9.17) is 10.5 Å². The molecule has 0 radical (unpaired) electrons. The standard InChI is InChI=1S/C10H14FNO/c1-3-9(12)7-4-5-8(11)10(6-7)13-2/h4-6,9H,3,12H2,1-2H3. The molecule has 2 nitrogen and oxygen atoms in total. The van der Waals surface area contributed by atoms with Gasteiger partial charge in [0.2, 0.25) is 0 Å². The van der Waals surface area contributed by atoms with Gasteiger partial charge in [0.05, 0.1) is 7.11 Å². The van der Waals surface area contributed by atoms with Gasteiger partial charge in [-0.05, 0) is 24.1 Å². The Bertz CT molecular complexity index is 288.